The Bertz CT molecular complexity index is 983. The van der Waals surface area contributed by atoms with Gasteiger partial charge in [-0.05, 0) is 23.6 Å². The second kappa shape index (κ2) is 5.42. The van der Waals surface area contributed by atoms with Gasteiger partial charge in [0.15, 0.2) is 0 Å². The van der Waals surface area contributed by atoms with Crippen molar-refractivity contribution in [3.8, 4) is 0 Å². The molecule has 3 aromatic rings. The van der Waals surface area contributed by atoms with Gasteiger partial charge in [0.25, 0.3) is 5.91 Å². The van der Waals surface area contributed by atoms with Crippen LogP contribution in [0.1, 0.15) is 32.0 Å². The molecule has 1 aliphatic heterocycles. The van der Waals surface area contributed by atoms with E-state index in [-0.39, 0.29) is 11.7 Å². The Morgan fingerprint density at radius 2 is 1.33 bits per heavy atom. The summed E-state index contributed by atoms with van der Waals surface area (Å²) in [6.07, 6.45) is 1.56. The van der Waals surface area contributed by atoms with Crippen LogP contribution in [0.4, 0.5) is 0 Å². The summed E-state index contributed by atoms with van der Waals surface area (Å²) < 4.78 is 1.21. The predicted octanol–water partition coefficient (Wildman–Crippen LogP) is 3.64. The molecule has 4 rings (SSSR count). The molecule has 0 aliphatic carbocycles. The smallest absolute Gasteiger partial charge is 0.280 e. The van der Waals surface area contributed by atoms with Crippen molar-refractivity contribution in [3.63, 3.8) is 0 Å². The Kier molecular flexibility index (Phi) is 3.24. The van der Waals surface area contributed by atoms with Crippen LogP contribution in [0, 0.1) is 6.92 Å². The van der Waals surface area contributed by atoms with E-state index in [2.05, 4.69) is 5.10 Å². The van der Waals surface area contributed by atoms with Crippen molar-refractivity contribution in [2.75, 3.05) is 0 Å². The van der Waals surface area contributed by atoms with E-state index in [1.54, 1.807) is 13.1 Å². The van der Waals surface area contributed by atoms with Crippen LogP contribution < -0.4 is 0 Å². The van der Waals surface area contributed by atoms with E-state index in [0.29, 0.717) is 28.0 Å². The molecule has 24 heavy (non-hydrogen) atoms. The number of hydrogen-bond acceptors (Lipinski definition) is 3. The van der Waals surface area contributed by atoms with Crippen molar-refractivity contribution in [2.45, 2.75) is 6.92 Å². The summed E-state index contributed by atoms with van der Waals surface area (Å²) in [5.41, 5.74) is 3.33. The molecule has 1 aromatic heterocycles. The summed E-state index contributed by atoms with van der Waals surface area (Å²) in [6, 6.07) is 18.6. The van der Waals surface area contributed by atoms with Crippen LogP contribution in [-0.4, -0.2) is 21.5 Å². The maximum absolute atomic E-state index is 13.2. The van der Waals surface area contributed by atoms with Crippen molar-refractivity contribution in [1.82, 2.24) is 9.78 Å². The van der Waals surface area contributed by atoms with Gasteiger partial charge in [0.2, 0.25) is 5.78 Å². The molecule has 0 spiro atoms. The number of ketones is 1. The normalized spacial score (nSPS) is 14.0. The quantitative estimate of drug-likeness (QED) is 0.725. The zero-order valence-corrected chi connectivity index (χ0v) is 13.1. The highest BCUT2D eigenvalue weighted by molar-refractivity contribution is 6.47. The lowest BCUT2D eigenvalue weighted by atomic mass is 9.87. The Morgan fingerprint density at radius 3 is 1.92 bits per heavy atom. The fourth-order valence-electron chi connectivity index (χ4n) is 3.06. The van der Waals surface area contributed by atoms with Gasteiger partial charge in [0, 0.05) is 5.57 Å². The second-order valence-corrected chi connectivity index (χ2v) is 5.70. The van der Waals surface area contributed by atoms with Crippen molar-refractivity contribution in [1.29, 1.82) is 0 Å². The molecule has 0 bridgehead atoms. The number of allylic oxidation sites excluding steroid dienone is 2. The molecule has 0 amide bonds. The Balaban J connectivity index is 2.06. The molecule has 4 heteroatoms. The maximum Gasteiger partial charge on any atom is 0.280 e. The first-order valence-corrected chi connectivity index (χ1v) is 7.67. The number of benzene rings is 2. The summed E-state index contributed by atoms with van der Waals surface area (Å²) in [7, 11) is 0. The maximum atomic E-state index is 13.2. The minimum absolute atomic E-state index is 0.172. The summed E-state index contributed by atoms with van der Waals surface area (Å²) in [6.45, 7) is 1.79. The first-order valence-electron chi connectivity index (χ1n) is 7.67. The van der Waals surface area contributed by atoms with Crippen molar-refractivity contribution < 1.29 is 9.59 Å². The molecular formula is C20H14N2O2. The number of Topliss-reactive ketones (excluding diaryl/α,β-unsaturated/α-hetero) is 1. The van der Waals surface area contributed by atoms with Crippen LogP contribution in [0.25, 0.3) is 11.1 Å². The summed E-state index contributed by atoms with van der Waals surface area (Å²) >= 11 is 0. The Hall–Kier alpha value is -3.27. The first-order chi connectivity index (χ1) is 11.7. The van der Waals surface area contributed by atoms with Crippen molar-refractivity contribution in [3.05, 3.63) is 89.2 Å². The van der Waals surface area contributed by atoms with Gasteiger partial charge in [-0.1, -0.05) is 60.7 Å². The van der Waals surface area contributed by atoms with Gasteiger partial charge in [-0.3, -0.25) is 9.59 Å². The van der Waals surface area contributed by atoms with Crippen LogP contribution in [0.3, 0.4) is 0 Å². The van der Waals surface area contributed by atoms with E-state index in [0.717, 1.165) is 5.56 Å². The predicted molar refractivity (Wildman–Crippen MR) is 91.6 cm³/mol. The van der Waals surface area contributed by atoms with E-state index in [1.165, 1.54) is 4.68 Å². The van der Waals surface area contributed by atoms with Gasteiger partial charge in [-0.25, -0.2) is 0 Å². The third-order valence-electron chi connectivity index (χ3n) is 4.18. The second-order valence-electron chi connectivity index (χ2n) is 5.70. The number of rotatable bonds is 2. The minimum atomic E-state index is -0.275. The van der Waals surface area contributed by atoms with Gasteiger partial charge in [-0.2, -0.15) is 9.78 Å². The molecule has 1 aliphatic rings. The van der Waals surface area contributed by atoms with Gasteiger partial charge in [-0.15, -0.1) is 0 Å². The number of aromatic nitrogens is 2. The minimum Gasteiger partial charge on any atom is -0.287 e. The van der Waals surface area contributed by atoms with Gasteiger partial charge < -0.3 is 0 Å². The number of aryl methyl sites for hydroxylation is 1. The van der Waals surface area contributed by atoms with Crippen molar-refractivity contribution in [2.24, 2.45) is 0 Å². The standard InChI is InChI=1S/C20H14N2O2/c1-13-12-21-22-18(13)19(23)16(14-8-4-2-5-9-14)17(20(22)24)15-10-6-3-7-11-15/h2-12H,1H3. The lowest BCUT2D eigenvalue weighted by molar-refractivity contribution is 0.0927. The molecule has 0 saturated carbocycles. The summed E-state index contributed by atoms with van der Waals surface area (Å²) in [5, 5.41) is 4.10. The number of fused-ring (bicyclic) bond motifs is 1. The molecule has 0 N–H and O–H groups in total. The third-order valence-corrected chi connectivity index (χ3v) is 4.18. The topological polar surface area (TPSA) is 52.0 Å². The summed E-state index contributed by atoms with van der Waals surface area (Å²) in [5.74, 6) is -0.447. The van der Waals surface area contributed by atoms with Crippen LogP contribution in [-0.2, 0) is 0 Å². The fraction of sp³-hybridized carbons (Fsp3) is 0.0500. The number of nitrogens with zero attached hydrogens (tertiary/aromatic N) is 2. The molecule has 0 saturated heterocycles. The van der Waals surface area contributed by atoms with E-state index >= 15 is 0 Å². The number of carbonyl (C=O) groups is 2. The molecule has 0 fully saturated rings. The highest BCUT2D eigenvalue weighted by Gasteiger charge is 2.35. The third kappa shape index (κ3) is 2.04. The Labute approximate surface area is 139 Å². The van der Waals surface area contributed by atoms with Crippen LogP contribution >= 0.6 is 0 Å². The number of carbonyl (C=O) groups excluding carboxylic acids is 2. The average molecular weight is 314 g/mol. The lowest BCUT2D eigenvalue weighted by Crippen LogP contribution is -2.28. The van der Waals surface area contributed by atoms with Gasteiger partial charge in [0.05, 0.1) is 11.8 Å². The highest BCUT2D eigenvalue weighted by Crippen LogP contribution is 2.35. The molecule has 0 radical (unpaired) electrons. The van der Waals surface area contributed by atoms with Gasteiger partial charge >= 0.3 is 0 Å². The highest BCUT2D eigenvalue weighted by atomic mass is 16.2. The zero-order chi connectivity index (χ0) is 16.7. The Morgan fingerprint density at radius 1 is 0.792 bits per heavy atom. The first kappa shape index (κ1) is 14.3. The van der Waals surface area contributed by atoms with E-state index in [4.69, 9.17) is 0 Å². The van der Waals surface area contributed by atoms with Crippen LogP contribution in [0.5, 0.6) is 0 Å². The lowest BCUT2D eigenvalue weighted by Gasteiger charge is -2.20. The molecule has 4 nitrogen and oxygen atoms in total. The molecule has 0 unspecified atom stereocenters. The molecule has 116 valence electrons. The average Bonchev–Trinajstić information content (AvgIpc) is 3.02. The monoisotopic (exact) mass is 314 g/mol. The van der Waals surface area contributed by atoms with Crippen LogP contribution in [0.15, 0.2) is 66.9 Å². The molecule has 2 heterocycles. The zero-order valence-electron chi connectivity index (χ0n) is 13.1. The largest absolute Gasteiger partial charge is 0.287 e. The molecule has 0 atom stereocenters. The SMILES string of the molecule is Cc1cnn2c1C(=O)C(c1ccccc1)=C(c1ccccc1)C2=O. The molecule has 2 aromatic carbocycles. The van der Waals surface area contributed by atoms with E-state index < -0.39 is 0 Å². The summed E-state index contributed by atoms with van der Waals surface area (Å²) in [4.78, 5) is 26.2. The van der Waals surface area contributed by atoms with E-state index in [9.17, 15) is 9.59 Å². The fourth-order valence-corrected chi connectivity index (χ4v) is 3.06. The van der Waals surface area contributed by atoms with Gasteiger partial charge in [0.1, 0.15) is 5.69 Å². The van der Waals surface area contributed by atoms with Crippen molar-refractivity contribution >= 4 is 22.8 Å². The molecular weight excluding hydrogens is 300 g/mol. The van der Waals surface area contributed by atoms with E-state index in [1.807, 2.05) is 60.7 Å². The number of hydrogen-bond donors (Lipinski definition) is 0. The van der Waals surface area contributed by atoms with Crippen LogP contribution in [0.2, 0.25) is 0 Å².